The fraction of sp³-hybridized carbons (Fsp3) is 0.435. The Bertz CT molecular complexity index is 1170. The monoisotopic (exact) mass is 509 g/mol. The average molecular weight is 510 g/mol. The Labute approximate surface area is 204 Å². The molecule has 188 valence electrons. The number of alkyl halides is 3. The lowest BCUT2D eigenvalue weighted by Crippen LogP contribution is -2.39. The van der Waals surface area contributed by atoms with E-state index in [4.69, 9.17) is 4.74 Å². The van der Waals surface area contributed by atoms with Crippen LogP contribution in [0.4, 0.5) is 29.7 Å². The highest BCUT2D eigenvalue weighted by Gasteiger charge is 2.38. The summed E-state index contributed by atoms with van der Waals surface area (Å²) < 4.78 is 44.1. The van der Waals surface area contributed by atoms with Gasteiger partial charge in [-0.1, -0.05) is 30.3 Å². The Morgan fingerprint density at radius 1 is 1.26 bits per heavy atom. The normalized spacial score (nSPS) is 20.1. The van der Waals surface area contributed by atoms with E-state index in [-0.39, 0.29) is 23.5 Å². The van der Waals surface area contributed by atoms with Gasteiger partial charge in [-0.3, -0.25) is 0 Å². The van der Waals surface area contributed by atoms with Crippen LogP contribution in [-0.4, -0.2) is 59.6 Å². The van der Waals surface area contributed by atoms with Gasteiger partial charge in [-0.15, -0.1) is 11.3 Å². The summed E-state index contributed by atoms with van der Waals surface area (Å²) in [5, 5.41) is 16.8. The highest BCUT2D eigenvalue weighted by Crippen LogP contribution is 2.37. The number of thiophene rings is 1. The third kappa shape index (κ3) is 6.12. The topological polar surface area (TPSA) is 99.6 Å². The first-order chi connectivity index (χ1) is 16.6. The number of nitrogens with zero attached hydrogens (tertiary/aromatic N) is 3. The van der Waals surface area contributed by atoms with E-state index in [0.29, 0.717) is 28.9 Å². The van der Waals surface area contributed by atoms with Crippen LogP contribution in [0.5, 0.6) is 0 Å². The van der Waals surface area contributed by atoms with Crippen molar-refractivity contribution in [1.29, 1.82) is 0 Å². The maximum absolute atomic E-state index is 12.9. The highest BCUT2D eigenvalue weighted by molar-refractivity contribution is 7.18. The van der Waals surface area contributed by atoms with Crippen LogP contribution in [0, 0.1) is 0 Å². The highest BCUT2D eigenvalue weighted by atomic mass is 32.1. The predicted octanol–water partition coefficient (Wildman–Crippen LogP) is 4.09. The first kappa shape index (κ1) is 25.0. The number of amides is 1. The van der Waals surface area contributed by atoms with Gasteiger partial charge in [0.25, 0.3) is 0 Å². The molecule has 0 aliphatic heterocycles. The SMILES string of the molecule is CNc1nc(N(C)[C@H]2C[C@@H](NC(=O)OCc3ccccc3)C[C@@H]2O)c2cc(CC(F)(F)F)sc2n1. The van der Waals surface area contributed by atoms with Crippen molar-refractivity contribution in [3.05, 3.63) is 46.8 Å². The molecule has 3 N–H and O–H groups in total. The van der Waals surface area contributed by atoms with Gasteiger partial charge < -0.3 is 25.4 Å². The van der Waals surface area contributed by atoms with E-state index in [1.54, 1.807) is 19.0 Å². The zero-order chi connectivity index (χ0) is 25.2. The number of alkyl carbamates (subject to hydrolysis) is 1. The van der Waals surface area contributed by atoms with Gasteiger partial charge in [0.15, 0.2) is 0 Å². The van der Waals surface area contributed by atoms with Crippen LogP contribution in [0.3, 0.4) is 0 Å². The first-order valence-electron chi connectivity index (χ1n) is 11.1. The first-order valence-corrected chi connectivity index (χ1v) is 11.9. The van der Waals surface area contributed by atoms with Gasteiger partial charge in [-0.2, -0.15) is 18.2 Å². The number of aromatic nitrogens is 2. The summed E-state index contributed by atoms with van der Waals surface area (Å²) in [6.07, 6.45) is -6.01. The predicted molar refractivity (Wildman–Crippen MR) is 128 cm³/mol. The third-order valence-corrected chi connectivity index (χ3v) is 6.91. The van der Waals surface area contributed by atoms with E-state index in [9.17, 15) is 23.1 Å². The molecule has 8 nitrogen and oxygen atoms in total. The number of benzene rings is 1. The number of aliphatic hydroxyl groups is 1. The van der Waals surface area contributed by atoms with Crippen molar-refractivity contribution in [2.24, 2.45) is 0 Å². The maximum Gasteiger partial charge on any atom is 0.407 e. The van der Waals surface area contributed by atoms with Crippen molar-refractivity contribution in [1.82, 2.24) is 15.3 Å². The number of ether oxygens (including phenoxy) is 1. The summed E-state index contributed by atoms with van der Waals surface area (Å²) in [6.45, 7) is 0.134. The minimum absolute atomic E-state index is 0.134. The molecule has 3 aromatic rings. The number of carbonyl (C=O) groups excluding carboxylic acids is 1. The van der Waals surface area contributed by atoms with Gasteiger partial charge in [0.05, 0.1) is 24.0 Å². The molecule has 0 unspecified atom stereocenters. The quantitative estimate of drug-likeness (QED) is 0.441. The standard InChI is InChI=1S/C23H26F3N5O3S/c1-27-21-29-19(16-10-15(11-23(24,25)26)35-20(16)30-21)31(2)17-8-14(9-18(17)32)28-22(33)34-12-13-6-4-3-5-7-13/h3-7,10,14,17-18,32H,8-9,11-12H2,1-2H3,(H,28,33)(H,27,29,30)/t14-,17+,18+/m1/s1. The van der Waals surface area contributed by atoms with Gasteiger partial charge in [-0.05, 0) is 24.5 Å². The molecule has 1 fully saturated rings. The van der Waals surface area contributed by atoms with Crippen LogP contribution < -0.4 is 15.5 Å². The van der Waals surface area contributed by atoms with Crippen molar-refractivity contribution in [2.45, 2.75) is 50.2 Å². The Kier molecular flexibility index (Phi) is 7.31. The zero-order valence-corrected chi connectivity index (χ0v) is 20.0. The second kappa shape index (κ2) is 10.2. The molecule has 0 spiro atoms. The van der Waals surface area contributed by atoms with Crippen LogP contribution >= 0.6 is 11.3 Å². The van der Waals surface area contributed by atoms with Crippen LogP contribution in [0.15, 0.2) is 36.4 Å². The largest absolute Gasteiger partial charge is 0.445 e. The molecule has 0 bridgehead atoms. The van der Waals surface area contributed by atoms with E-state index in [2.05, 4.69) is 20.6 Å². The molecule has 3 atom stereocenters. The van der Waals surface area contributed by atoms with Crippen LogP contribution in [0.2, 0.25) is 0 Å². The summed E-state index contributed by atoms with van der Waals surface area (Å²) >= 11 is 0.967. The lowest BCUT2D eigenvalue weighted by atomic mass is 10.1. The van der Waals surface area contributed by atoms with Crippen molar-refractivity contribution >= 4 is 39.4 Å². The number of anilines is 2. The number of aliphatic hydroxyl groups excluding tert-OH is 1. The molecule has 1 saturated carbocycles. The number of likely N-dealkylation sites (N-methyl/N-ethyl adjacent to an activating group) is 1. The summed E-state index contributed by atoms with van der Waals surface area (Å²) in [6, 6.07) is 10.00. The number of hydrogen-bond donors (Lipinski definition) is 3. The van der Waals surface area contributed by atoms with Gasteiger partial charge in [0, 0.05) is 25.0 Å². The smallest absolute Gasteiger partial charge is 0.407 e. The molecule has 1 aromatic carbocycles. The molecule has 35 heavy (non-hydrogen) atoms. The van der Waals surface area contributed by atoms with Gasteiger partial charge in [0.1, 0.15) is 17.3 Å². The number of halogens is 3. The molecule has 0 radical (unpaired) electrons. The second-order valence-corrected chi connectivity index (χ2v) is 9.58. The van der Waals surface area contributed by atoms with E-state index >= 15 is 0 Å². The van der Waals surface area contributed by atoms with E-state index in [1.807, 2.05) is 30.3 Å². The number of carbonyl (C=O) groups is 1. The van der Waals surface area contributed by atoms with E-state index in [0.717, 1.165) is 16.9 Å². The van der Waals surface area contributed by atoms with Crippen LogP contribution in [-0.2, 0) is 17.8 Å². The van der Waals surface area contributed by atoms with Gasteiger partial charge in [-0.25, -0.2) is 9.78 Å². The molecular weight excluding hydrogens is 483 g/mol. The number of fused-ring (bicyclic) bond motifs is 1. The molecule has 12 heteroatoms. The van der Waals surface area contributed by atoms with Crippen molar-refractivity contribution in [3.8, 4) is 0 Å². The summed E-state index contributed by atoms with van der Waals surface area (Å²) in [4.78, 5) is 23.3. The number of rotatable bonds is 7. The summed E-state index contributed by atoms with van der Waals surface area (Å²) in [7, 11) is 3.35. The Balaban J connectivity index is 1.47. The number of hydrogen-bond acceptors (Lipinski definition) is 8. The molecule has 1 aliphatic rings. The van der Waals surface area contributed by atoms with Crippen molar-refractivity contribution in [2.75, 3.05) is 24.3 Å². The number of nitrogens with one attached hydrogen (secondary N) is 2. The molecule has 4 rings (SSSR count). The second-order valence-electron chi connectivity index (χ2n) is 8.46. The average Bonchev–Trinajstić information content (AvgIpc) is 3.37. The fourth-order valence-electron chi connectivity index (χ4n) is 4.24. The Morgan fingerprint density at radius 2 is 2.00 bits per heavy atom. The lowest BCUT2D eigenvalue weighted by Gasteiger charge is -2.28. The van der Waals surface area contributed by atoms with Crippen molar-refractivity contribution < 1.29 is 27.8 Å². The lowest BCUT2D eigenvalue weighted by molar-refractivity contribution is -0.126. The van der Waals surface area contributed by atoms with E-state index < -0.39 is 30.8 Å². The molecule has 1 amide bonds. The molecule has 0 saturated heterocycles. The minimum atomic E-state index is -4.33. The molecule has 2 aromatic heterocycles. The molecule has 1 aliphatic carbocycles. The minimum Gasteiger partial charge on any atom is -0.445 e. The van der Waals surface area contributed by atoms with E-state index in [1.165, 1.54) is 6.07 Å². The molecular formula is C23H26F3N5O3S. The summed E-state index contributed by atoms with van der Waals surface area (Å²) in [5.74, 6) is 0.687. The van der Waals surface area contributed by atoms with Gasteiger partial charge in [0.2, 0.25) is 5.95 Å². The third-order valence-electron chi connectivity index (χ3n) is 5.88. The maximum atomic E-state index is 12.9. The Hall–Kier alpha value is -3.12. The summed E-state index contributed by atoms with van der Waals surface area (Å²) in [5.41, 5.74) is 0.862. The van der Waals surface area contributed by atoms with Crippen molar-refractivity contribution in [3.63, 3.8) is 0 Å². The van der Waals surface area contributed by atoms with Crippen LogP contribution in [0.1, 0.15) is 23.3 Å². The molecule has 2 heterocycles. The Morgan fingerprint density at radius 3 is 2.69 bits per heavy atom. The van der Waals surface area contributed by atoms with Gasteiger partial charge >= 0.3 is 12.3 Å². The van der Waals surface area contributed by atoms with Crippen LogP contribution in [0.25, 0.3) is 10.2 Å². The fourth-order valence-corrected chi connectivity index (χ4v) is 5.29. The zero-order valence-electron chi connectivity index (χ0n) is 19.2.